The van der Waals surface area contributed by atoms with Crippen LogP contribution in [0, 0.1) is 5.92 Å². The molecule has 2 aromatic rings. The third kappa shape index (κ3) is 1.95. The summed E-state index contributed by atoms with van der Waals surface area (Å²) in [4.78, 5) is 3.97. The number of hydrogen-bond donors (Lipinski definition) is 0. The van der Waals surface area contributed by atoms with Crippen LogP contribution in [0.2, 0.25) is 5.15 Å². The monoisotopic (exact) mass is 224 g/mol. The predicted octanol–water partition coefficient (Wildman–Crippen LogP) is 2.37. The molecule has 0 fully saturated rings. The summed E-state index contributed by atoms with van der Waals surface area (Å²) in [5, 5.41) is 8.73. The van der Waals surface area contributed by atoms with E-state index < -0.39 is 0 Å². The van der Waals surface area contributed by atoms with Crippen molar-refractivity contribution in [2.24, 2.45) is 5.92 Å². The average molecular weight is 225 g/mol. The van der Waals surface area contributed by atoms with Gasteiger partial charge in [-0.3, -0.25) is 9.38 Å². The molecule has 5 heteroatoms. The van der Waals surface area contributed by atoms with E-state index >= 15 is 0 Å². The third-order valence-corrected chi connectivity index (χ3v) is 2.83. The summed E-state index contributed by atoms with van der Waals surface area (Å²) in [7, 11) is 0. The molecule has 0 N–H and O–H groups in total. The van der Waals surface area contributed by atoms with E-state index in [2.05, 4.69) is 29.0 Å². The van der Waals surface area contributed by atoms with E-state index in [1.165, 1.54) is 0 Å². The predicted molar refractivity (Wildman–Crippen MR) is 59.0 cm³/mol. The first-order valence-electron chi connectivity index (χ1n) is 5.06. The van der Waals surface area contributed by atoms with Crippen LogP contribution >= 0.6 is 11.6 Å². The van der Waals surface area contributed by atoms with Gasteiger partial charge in [0.25, 0.3) is 0 Å². The van der Waals surface area contributed by atoms with Gasteiger partial charge >= 0.3 is 0 Å². The minimum absolute atomic E-state index is 0.566. The lowest BCUT2D eigenvalue weighted by molar-refractivity contribution is 0.540. The Hall–Kier alpha value is -1.16. The highest BCUT2D eigenvalue weighted by Gasteiger charge is 2.11. The van der Waals surface area contributed by atoms with Gasteiger partial charge in [-0.2, -0.15) is 0 Å². The Labute approximate surface area is 93.3 Å². The van der Waals surface area contributed by atoms with Crippen LogP contribution < -0.4 is 0 Å². The zero-order valence-corrected chi connectivity index (χ0v) is 9.57. The van der Waals surface area contributed by atoms with E-state index in [1.54, 1.807) is 12.4 Å². The Kier molecular flexibility index (Phi) is 2.86. The van der Waals surface area contributed by atoms with E-state index in [9.17, 15) is 0 Å². The Morgan fingerprint density at radius 1 is 1.40 bits per heavy atom. The summed E-state index contributed by atoms with van der Waals surface area (Å²) in [6, 6.07) is 0. The molecule has 0 aliphatic heterocycles. The van der Waals surface area contributed by atoms with Crippen molar-refractivity contribution in [2.45, 2.75) is 26.7 Å². The normalized spacial score (nSPS) is 13.3. The summed E-state index contributed by atoms with van der Waals surface area (Å²) >= 11 is 6.05. The van der Waals surface area contributed by atoms with Gasteiger partial charge in [0.15, 0.2) is 5.65 Å². The molecule has 0 saturated heterocycles. The fourth-order valence-corrected chi connectivity index (χ4v) is 1.70. The molecule has 0 aliphatic rings. The van der Waals surface area contributed by atoms with Crippen molar-refractivity contribution >= 4 is 17.2 Å². The summed E-state index contributed by atoms with van der Waals surface area (Å²) < 4.78 is 1.85. The van der Waals surface area contributed by atoms with Crippen LogP contribution in [0.15, 0.2) is 12.4 Å². The number of rotatable bonds is 3. The van der Waals surface area contributed by atoms with Crippen LogP contribution in [0.4, 0.5) is 0 Å². The van der Waals surface area contributed by atoms with Gasteiger partial charge in [-0.25, -0.2) is 0 Å². The lowest BCUT2D eigenvalue weighted by Crippen LogP contribution is -2.03. The van der Waals surface area contributed by atoms with Gasteiger partial charge in [0, 0.05) is 6.42 Å². The highest BCUT2D eigenvalue weighted by molar-refractivity contribution is 6.29. The Morgan fingerprint density at radius 3 is 2.93 bits per heavy atom. The lowest BCUT2D eigenvalue weighted by atomic mass is 10.1. The highest BCUT2D eigenvalue weighted by atomic mass is 35.5. The molecule has 0 spiro atoms. The molecule has 1 atom stereocenters. The van der Waals surface area contributed by atoms with E-state index in [-0.39, 0.29) is 0 Å². The van der Waals surface area contributed by atoms with Gasteiger partial charge in [0.05, 0.1) is 12.4 Å². The largest absolute Gasteiger partial charge is 0.266 e. The Balaban J connectivity index is 2.43. The number of aromatic nitrogens is 4. The van der Waals surface area contributed by atoms with Gasteiger partial charge in [0.2, 0.25) is 0 Å². The molecule has 1 unspecified atom stereocenters. The molecule has 0 bridgehead atoms. The van der Waals surface area contributed by atoms with Crippen LogP contribution in [0.3, 0.4) is 0 Å². The summed E-state index contributed by atoms with van der Waals surface area (Å²) in [5.41, 5.74) is 0.709. The van der Waals surface area contributed by atoms with Crippen LogP contribution in [0.5, 0.6) is 0 Å². The first-order valence-corrected chi connectivity index (χ1v) is 5.43. The molecule has 0 radical (unpaired) electrons. The van der Waals surface area contributed by atoms with Crippen molar-refractivity contribution in [3.05, 3.63) is 23.4 Å². The lowest BCUT2D eigenvalue weighted by Gasteiger charge is -2.06. The van der Waals surface area contributed by atoms with E-state index in [1.807, 2.05) is 4.40 Å². The Morgan fingerprint density at radius 2 is 2.20 bits per heavy atom. The zero-order chi connectivity index (χ0) is 10.8. The van der Waals surface area contributed by atoms with Crippen LogP contribution in [-0.4, -0.2) is 19.6 Å². The maximum atomic E-state index is 6.05. The number of nitrogens with zero attached hydrogens (tertiary/aromatic N) is 4. The summed E-state index contributed by atoms with van der Waals surface area (Å²) in [6.07, 6.45) is 5.29. The van der Waals surface area contributed by atoms with Crippen LogP contribution in [0.1, 0.15) is 26.1 Å². The second-order valence-electron chi connectivity index (χ2n) is 3.76. The van der Waals surface area contributed by atoms with E-state index in [0.717, 1.165) is 18.7 Å². The molecule has 0 aromatic carbocycles. The van der Waals surface area contributed by atoms with Crippen LogP contribution in [0.25, 0.3) is 5.65 Å². The fraction of sp³-hybridized carbons (Fsp3) is 0.500. The van der Waals surface area contributed by atoms with Crippen molar-refractivity contribution in [3.8, 4) is 0 Å². The molecule has 0 saturated carbocycles. The molecule has 0 amide bonds. The Bertz CT molecular complexity index is 465. The van der Waals surface area contributed by atoms with Crippen molar-refractivity contribution in [1.82, 2.24) is 19.6 Å². The number of fused-ring (bicyclic) bond motifs is 1. The van der Waals surface area contributed by atoms with Gasteiger partial charge in [-0.1, -0.05) is 31.9 Å². The van der Waals surface area contributed by atoms with E-state index in [0.29, 0.717) is 16.7 Å². The molecular formula is C10H13ClN4. The van der Waals surface area contributed by atoms with Crippen LogP contribution in [-0.2, 0) is 6.42 Å². The molecule has 4 nitrogen and oxygen atoms in total. The van der Waals surface area contributed by atoms with Gasteiger partial charge < -0.3 is 0 Å². The first kappa shape index (κ1) is 10.4. The minimum Gasteiger partial charge on any atom is -0.266 e. The molecular weight excluding hydrogens is 212 g/mol. The fourth-order valence-electron chi connectivity index (χ4n) is 1.46. The standard InChI is InChI=1S/C10H13ClN4/c1-3-7(2)4-9-13-14-10-6-12-5-8(11)15(9)10/h5-7H,3-4H2,1-2H3. The number of hydrogen-bond acceptors (Lipinski definition) is 3. The van der Waals surface area contributed by atoms with Crippen molar-refractivity contribution in [2.75, 3.05) is 0 Å². The van der Waals surface area contributed by atoms with E-state index in [4.69, 9.17) is 11.6 Å². The number of halogens is 1. The second-order valence-corrected chi connectivity index (χ2v) is 4.14. The second kappa shape index (κ2) is 4.14. The quantitative estimate of drug-likeness (QED) is 0.804. The summed E-state index contributed by atoms with van der Waals surface area (Å²) in [5.74, 6) is 1.49. The summed E-state index contributed by atoms with van der Waals surface area (Å²) in [6.45, 7) is 4.35. The van der Waals surface area contributed by atoms with Gasteiger partial charge in [0.1, 0.15) is 11.0 Å². The average Bonchev–Trinajstić information content (AvgIpc) is 2.63. The topological polar surface area (TPSA) is 43.1 Å². The van der Waals surface area contributed by atoms with Crippen molar-refractivity contribution in [3.63, 3.8) is 0 Å². The molecule has 80 valence electrons. The maximum absolute atomic E-state index is 6.05. The molecule has 15 heavy (non-hydrogen) atoms. The SMILES string of the molecule is CCC(C)Cc1nnc2cncc(Cl)n12. The van der Waals surface area contributed by atoms with Gasteiger partial charge in [-0.15, -0.1) is 10.2 Å². The maximum Gasteiger partial charge on any atom is 0.180 e. The third-order valence-electron chi connectivity index (χ3n) is 2.57. The highest BCUT2D eigenvalue weighted by Crippen LogP contribution is 2.15. The molecule has 0 aliphatic carbocycles. The van der Waals surface area contributed by atoms with Gasteiger partial charge in [-0.05, 0) is 5.92 Å². The molecule has 2 aromatic heterocycles. The molecule has 2 rings (SSSR count). The molecule has 2 heterocycles. The smallest absolute Gasteiger partial charge is 0.180 e. The minimum atomic E-state index is 0.566. The van der Waals surface area contributed by atoms with Crippen molar-refractivity contribution < 1.29 is 0 Å². The first-order chi connectivity index (χ1) is 7.22. The zero-order valence-electron chi connectivity index (χ0n) is 8.81. The van der Waals surface area contributed by atoms with Crippen molar-refractivity contribution in [1.29, 1.82) is 0 Å².